The molecule has 0 saturated carbocycles. The van der Waals surface area contributed by atoms with Gasteiger partial charge in [0.1, 0.15) is 6.61 Å². The number of carbonyl (C=O) groups excluding carboxylic acids is 1. The zero-order chi connectivity index (χ0) is 22.1. The van der Waals surface area contributed by atoms with Crippen LogP contribution in [0.15, 0.2) is 54.6 Å². The third kappa shape index (κ3) is 7.57. The Labute approximate surface area is 173 Å². The number of alkyl carbamates (subject to hydrolysis) is 1. The Morgan fingerprint density at radius 1 is 1.17 bits per heavy atom. The van der Waals surface area contributed by atoms with Crippen molar-refractivity contribution in [2.24, 2.45) is 5.73 Å². The van der Waals surface area contributed by atoms with Gasteiger partial charge in [-0.25, -0.2) is 4.79 Å². The van der Waals surface area contributed by atoms with Crippen molar-refractivity contribution in [2.75, 3.05) is 17.8 Å². The van der Waals surface area contributed by atoms with Crippen LogP contribution in [-0.2, 0) is 20.7 Å². The maximum Gasteiger partial charge on any atom is 0.407 e. The predicted octanol–water partition coefficient (Wildman–Crippen LogP) is 2.31. The third-order valence-electron chi connectivity index (χ3n) is 4.02. The van der Waals surface area contributed by atoms with E-state index in [0.29, 0.717) is 5.69 Å². The first kappa shape index (κ1) is 22.9. The Morgan fingerprint density at radius 2 is 1.87 bits per heavy atom. The van der Waals surface area contributed by atoms with E-state index in [-0.39, 0.29) is 18.1 Å². The van der Waals surface area contributed by atoms with Crippen molar-refractivity contribution in [1.29, 1.82) is 5.41 Å². The van der Waals surface area contributed by atoms with Gasteiger partial charge in [0, 0.05) is 11.8 Å². The molecule has 30 heavy (non-hydrogen) atoms. The van der Waals surface area contributed by atoms with Gasteiger partial charge in [-0.05, 0) is 23.3 Å². The highest BCUT2D eigenvalue weighted by Crippen LogP contribution is 2.44. The number of nitrogens with two attached hydrogens (primary N) is 1. The van der Waals surface area contributed by atoms with E-state index in [0.717, 1.165) is 5.56 Å². The van der Waals surface area contributed by atoms with Crippen LogP contribution in [0, 0.1) is 5.41 Å². The molecule has 0 radical (unpaired) electrons. The molecule has 10 nitrogen and oxygen atoms in total. The summed E-state index contributed by atoms with van der Waals surface area (Å²) in [5.41, 5.74) is 6.65. The monoisotopic (exact) mass is 434 g/mol. The van der Waals surface area contributed by atoms with E-state index in [4.69, 9.17) is 15.9 Å². The van der Waals surface area contributed by atoms with Crippen LogP contribution in [0.1, 0.15) is 17.0 Å². The summed E-state index contributed by atoms with van der Waals surface area (Å²) in [6.07, 6.45) is -2.10. The van der Waals surface area contributed by atoms with E-state index in [9.17, 15) is 24.2 Å². The number of anilines is 1. The number of aliphatic carboxylic acids is 1. The molecule has 0 aliphatic rings. The molecule has 0 saturated heterocycles. The molecule has 1 amide bonds. The Hall–Kier alpha value is -3.36. The average molecular weight is 434 g/mol. The number of carboxylic acids is 1. The Morgan fingerprint density at radius 3 is 2.50 bits per heavy atom. The van der Waals surface area contributed by atoms with E-state index >= 15 is 0 Å². The topological polar surface area (TPSA) is 175 Å². The number of nitrogens with one attached hydrogen (secondary N) is 3. The van der Waals surface area contributed by atoms with Crippen molar-refractivity contribution in [2.45, 2.75) is 12.5 Å². The first-order valence-electron chi connectivity index (χ1n) is 8.85. The van der Waals surface area contributed by atoms with Crippen LogP contribution in [0.3, 0.4) is 0 Å². The molecule has 0 heterocycles. The highest BCUT2D eigenvalue weighted by atomic mass is 31.2. The second kappa shape index (κ2) is 10.4. The van der Waals surface area contributed by atoms with Gasteiger partial charge >= 0.3 is 12.1 Å². The van der Waals surface area contributed by atoms with Crippen molar-refractivity contribution in [1.82, 2.24) is 5.32 Å². The molecule has 0 aliphatic heterocycles. The lowest BCUT2D eigenvalue weighted by atomic mass is 10.0. The van der Waals surface area contributed by atoms with Gasteiger partial charge in [-0.1, -0.05) is 42.5 Å². The molecule has 0 aliphatic carbocycles. The fourth-order valence-corrected chi connectivity index (χ4v) is 4.07. The van der Waals surface area contributed by atoms with Gasteiger partial charge in [-0.15, -0.1) is 0 Å². The number of rotatable bonds is 9. The number of carbonyl (C=O) groups is 2. The van der Waals surface area contributed by atoms with E-state index < -0.39 is 37.8 Å². The number of hydrogen-bond donors (Lipinski definition) is 6. The van der Waals surface area contributed by atoms with Crippen LogP contribution < -0.4 is 16.4 Å². The number of ether oxygens (including phenoxy) is 1. The lowest BCUT2D eigenvalue weighted by Gasteiger charge is -2.19. The Balaban J connectivity index is 1.97. The summed E-state index contributed by atoms with van der Waals surface area (Å²) < 4.78 is 17.5. The zero-order valence-corrected chi connectivity index (χ0v) is 16.8. The van der Waals surface area contributed by atoms with E-state index in [1.807, 2.05) is 6.07 Å². The molecule has 2 unspecified atom stereocenters. The minimum absolute atomic E-state index is 0.00387. The number of amides is 1. The molecular weight excluding hydrogens is 411 g/mol. The van der Waals surface area contributed by atoms with Crippen LogP contribution in [0.5, 0.6) is 0 Å². The van der Waals surface area contributed by atoms with Crippen LogP contribution >= 0.6 is 7.37 Å². The first-order chi connectivity index (χ1) is 14.2. The van der Waals surface area contributed by atoms with Gasteiger partial charge in [0.15, 0.2) is 5.96 Å². The highest BCUT2D eigenvalue weighted by molar-refractivity contribution is 7.58. The molecule has 7 N–H and O–H groups in total. The predicted molar refractivity (Wildman–Crippen MR) is 112 cm³/mol. The van der Waals surface area contributed by atoms with Gasteiger partial charge in [0.25, 0.3) is 0 Å². The molecule has 2 aromatic rings. The molecule has 2 aromatic carbocycles. The fourth-order valence-electron chi connectivity index (χ4n) is 2.63. The molecule has 0 bridgehead atoms. The van der Waals surface area contributed by atoms with E-state index in [1.165, 1.54) is 18.2 Å². The molecule has 160 valence electrons. The van der Waals surface area contributed by atoms with Gasteiger partial charge in [-0.3, -0.25) is 14.8 Å². The van der Waals surface area contributed by atoms with Crippen molar-refractivity contribution in [3.8, 4) is 0 Å². The average Bonchev–Trinajstić information content (AvgIpc) is 2.69. The summed E-state index contributed by atoms with van der Waals surface area (Å²) in [5, 5.41) is 21.5. The summed E-state index contributed by atoms with van der Waals surface area (Å²) in [6.45, 7) is -0.00387. The smallest absolute Gasteiger partial charge is 0.407 e. The van der Waals surface area contributed by atoms with Crippen molar-refractivity contribution in [3.05, 3.63) is 65.7 Å². The van der Waals surface area contributed by atoms with Gasteiger partial charge in [-0.2, -0.15) is 0 Å². The lowest BCUT2D eigenvalue weighted by molar-refractivity contribution is -0.138. The van der Waals surface area contributed by atoms with Gasteiger partial charge in [0.2, 0.25) is 7.37 Å². The second-order valence-corrected chi connectivity index (χ2v) is 8.85. The third-order valence-corrected chi connectivity index (χ3v) is 5.61. The number of guanidine groups is 1. The van der Waals surface area contributed by atoms with Crippen LogP contribution in [0.2, 0.25) is 0 Å². The zero-order valence-electron chi connectivity index (χ0n) is 15.9. The van der Waals surface area contributed by atoms with E-state index in [2.05, 4.69) is 10.6 Å². The number of carboxylic acid groups (broad SMARTS) is 1. The molecule has 0 spiro atoms. The normalized spacial score (nSPS) is 13.5. The molecular formula is C19H23N4O6P. The molecule has 0 fully saturated rings. The lowest BCUT2D eigenvalue weighted by Crippen LogP contribution is -2.27. The van der Waals surface area contributed by atoms with Gasteiger partial charge < -0.3 is 31.1 Å². The standard InChI is InChI=1S/C19H23N4O6P/c20-18(21)23-15-8-4-7-14(9-15)16(17(24)25)11-30(27,28)12-22-19(26)29-10-13-5-2-1-3-6-13/h1-9,16H,10-12H2,(H,22,26)(H,24,25)(H,27,28)(H4,20,21,23). The number of hydrogen-bond acceptors (Lipinski definition) is 5. The van der Waals surface area contributed by atoms with Crippen LogP contribution in [0.25, 0.3) is 0 Å². The fraction of sp³-hybridized carbons (Fsp3) is 0.211. The summed E-state index contributed by atoms with van der Waals surface area (Å²) in [6, 6.07) is 14.9. The first-order valence-corrected chi connectivity index (χ1v) is 10.9. The van der Waals surface area contributed by atoms with Crippen molar-refractivity contribution < 1.29 is 28.9 Å². The molecule has 2 atom stereocenters. The number of benzene rings is 2. The maximum absolute atomic E-state index is 12.5. The maximum atomic E-state index is 12.5. The largest absolute Gasteiger partial charge is 0.481 e. The summed E-state index contributed by atoms with van der Waals surface area (Å²) >= 11 is 0. The quantitative estimate of drug-likeness (QED) is 0.198. The van der Waals surface area contributed by atoms with Crippen molar-refractivity contribution >= 4 is 31.1 Å². The van der Waals surface area contributed by atoms with Crippen LogP contribution in [0.4, 0.5) is 10.5 Å². The second-order valence-electron chi connectivity index (χ2n) is 6.48. The van der Waals surface area contributed by atoms with Gasteiger partial charge in [0.05, 0.1) is 12.2 Å². The molecule has 0 aromatic heterocycles. The summed E-state index contributed by atoms with van der Waals surface area (Å²) in [7, 11) is -4.04. The highest BCUT2D eigenvalue weighted by Gasteiger charge is 2.31. The summed E-state index contributed by atoms with van der Waals surface area (Å²) in [5.74, 6) is -2.92. The Bertz CT molecular complexity index is 953. The minimum atomic E-state index is -4.04. The Kier molecular flexibility index (Phi) is 7.97. The molecule has 11 heteroatoms. The van der Waals surface area contributed by atoms with Crippen molar-refractivity contribution in [3.63, 3.8) is 0 Å². The van der Waals surface area contributed by atoms with Crippen LogP contribution in [-0.4, -0.2) is 40.5 Å². The van der Waals surface area contributed by atoms with E-state index in [1.54, 1.807) is 30.3 Å². The molecule has 2 rings (SSSR count). The SMILES string of the molecule is N=C(N)Nc1cccc(C(CP(=O)(O)CNC(=O)OCc2ccccc2)C(=O)O)c1. The summed E-state index contributed by atoms with van der Waals surface area (Å²) in [4.78, 5) is 33.7. The minimum Gasteiger partial charge on any atom is -0.481 e.